The SMILES string of the molecule is CCN1CCN(c2c(CN(Cc3cccc(C)c3O)C(C)C)c(C)nn2-c2ccc(F)cc2)CC1. The molecule has 1 fully saturated rings. The molecule has 188 valence electrons. The van der Waals surface area contributed by atoms with Crippen molar-refractivity contribution in [1.29, 1.82) is 0 Å². The fourth-order valence-electron chi connectivity index (χ4n) is 4.79. The minimum absolute atomic E-state index is 0.250. The van der Waals surface area contributed by atoms with Crippen LogP contribution >= 0.6 is 0 Å². The minimum Gasteiger partial charge on any atom is -0.507 e. The number of aromatic hydroxyl groups is 1. The average molecular weight is 480 g/mol. The first-order valence-corrected chi connectivity index (χ1v) is 12.6. The predicted octanol–water partition coefficient (Wildman–Crippen LogP) is 4.89. The predicted molar refractivity (Wildman–Crippen MR) is 140 cm³/mol. The van der Waals surface area contributed by atoms with Gasteiger partial charge in [-0.1, -0.05) is 25.1 Å². The molecule has 2 heterocycles. The van der Waals surface area contributed by atoms with E-state index in [9.17, 15) is 9.50 Å². The van der Waals surface area contributed by atoms with Gasteiger partial charge in [0.25, 0.3) is 0 Å². The number of para-hydroxylation sites is 1. The first kappa shape index (κ1) is 25.2. The summed E-state index contributed by atoms with van der Waals surface area (Å²) in [6.07, 6.45) is 0. The number of nitrogens with zero attached hydrogens (tertiary/aromatic N) is 5. The number of aryl methyl sites for hydroxylation is 2. The molecule has 0 aliphatic carbocycles. The fourth-order valence-corrected chi connectivity index (χ4v) is 4.79. The third kappa shape index (κ3) is 5.52. The normalized spacial score (nSPS) is 14.9. The van der Waals surface area contributed by atoms with Gasteiger partial charge in [-0.15, -0.1) is 0 Å². The highest BCUT2D eigenvalue weighted by atomic mass is 19.1. The Labute approximate surface area is 208 Å². The summed E-state index contributed by atoms with van der Waals surface area (Å²) >= 11 is 0. The Morgan fingerprint density at radius 1 is 1.00 bits per heavy atom. The number of piperazine rings is 1. The molecule has 3 aromatic rings. The van der Waals surface area contributed by atoms with Crippen LogP contribution in [0.4, 0.5) is 10.2 Å². The zero-order valence-corrected chi connectivity index (χ0v) is 21.6. The summed E-state index contributed by atoms with van der Waals surface area (Å²) in [5.41, 5.74) is 4.84. The van der Waals surface area contributed by atoms with Gasteiger partial charge in [0, 0.05) is 56.4 Å². The van der Waals surface area contributed by atoms with E-state index in [1.165, 1.54) is 17.7 Å². The van der Waals surface area contributed by atoms with E-state index < -0.39 is 0 Å². The van der Waals surface area contributed by atoms with E-state index in [0.29, 0.717) is 18.8 Å². The highest BCUT2D eigenvalue weighted by molar-refractivity contribution is 5.56. The summed E-state index contributed by atoms with van der Waals surface area (Å²) in [4.78, 5) is 7.26. The lowest BCUT2D eigenvalue weighted by atomic mass is 10.1. The van der Waals surface area contributed by atoms with Gasteiger partial charge in [-0.25, -0.2) is 9.07 Å². The molecule has 0 atom stereocenters. The third-order valence-electron chi connectivity index (χ3n) is 7.13. The molecule has 1 saturated heterocycles. The lowest BCUT2D eigenvalue weighted by molar-refractivity contribution is 0.201. The Morgan fingerprint density at radius 2 is 1.69 bits per heavy atom. The topological polar surface area (TPSA) is 47.8 Å². The highest BCUT2D eigenvalue weighted by Crippen LogP contribution is 2.32. The van der Waals surface area contributed by atoms with Crippen molar-refractivity contribution in [2.45, 2.75) is 53.8 Å². The molecule has 6 nitrogen and oxygen atoms in total. The van der Waals surface area contributed by atoms with E-state index in [-0.39, 0.29) is 11.9 Å². The molecule has 0 spiro atoms. The van der Waals surface area contributed by atoms with Gasteiger partial charge in [-0.05, 0) is 64.1 Å². The van der Waals surface area contributed by atoms with Crippen LogP contribution in [0.2, 0.25) is 0 Å². The summed E-state index contributed by atoms with van der Waals surface area (Å²) in [7, 11) is 0. The van der Waals surface area contributed by atoms with Crippen molar-refractivity contribution >= 4 is 5.82 Å². The number of anilines is 1. The van der Waals surface area contributed by atoms with Gasteiger partial charge in [0.05, 0.1) is 11.4 Å². The van der Waals surface area contributed by atoms with Crippen LogP contribution in [0.25, 0.3) is 5.69 Å². The van der Waals surface area contributed by atoms with Gasteiger partial charge >= 0.3 is 0 Å². The Kier molecular flexibility index (Phi) is 7.77. The van der Waals surface area contributed by atoms with Crippen molar-refractivity contribution in [2.75, 3.05) is 37.6 Å². The Bertz CT molecular complexity index is 1130. The van der Waals surface area contributed by atoms with Gasteiger partial charge in [0.2, 0.25) is 0 Å². The second-order valence-corrected chi connectivity index (χ2v) is 9.78. The zero-order valence-electron chi connectivity index (χ0n) is 21.6. The zero-order chi connectivity index (χ0) is 25.1. The Hall–Kier alpha value is -2.90. The van der Waals surface area contributed by atoms with Crippen LogP contribution in [0, 0.1) is 19.7 Å². The van der Waals surface area contributed by atoms with Crippen LogP contribution in [0.3, 0.4) is 0 Å². The van der Waals surface area contributed by atoms with Gasteiger partial charge in [-0.3, -0.25) is 4.90 Å². The maximum absolute atomic E-state index is 13.7. The molecule has 1 aromatic heterocycles. The van der Waals surface area contributed by atoms with Gasteiger partial charge in [0.15, 0.2) is 0 Å². The van der Waals surface area contributed by atoms with Crippen molar-refractivity contribution in [3.8, 4) is 11.4 Å². The number of phenolic OH excluding ortho intramolecular Hbond substituents is 1. The molecular formula is C28H38FN5O. The van der Waals surface area contributed by atoms with Crippen LogP contribution in [-0.4, -0.2) is 63.5 Å². The molecule has 0 radical (unpaired) electrons. The molecule has 35 heavy (non-hydrogen) atoms. The van der Waals surface area contributed by atoms with Crippen molar-refractivity contribution in [2.24, 2.45) is 0 Å². The smallest absolute Gasteiger partial charge is 0.137 e. The average Bonchev–Trinajstić information content (AvgIpc) is 3.17. The molecule has 1 N–H and O–H groups in total. The molecule has 0 bridgehead atoms. The second kappa shape index (κ2) is 10.8. The van der Waals surface area contributed by atoms with E-state index in [2.05, 4.69) is 42.4 Å². The standard InChI is InChI=1S/C28H38FN5O/c1-6-31-14-16-32(17-15-31)28-26(22(5)30-34(28)25-12-10-24(29)11-13-25)19-33(20(2)3)18-23-9-7-8-21(4)27(23)35/h7-13,20,35H,6,14-19H2,1-5H3. The first-order valence-electron chi connectivity index (χ1n) is 12.6. The number of hydrogen-bond acceptors (Lipinski definition) is 5. The van der Waals surface area contributed by atoms with E-state index in [1.807, 2.05) is 29.8 Å². The van der Waals surface area contributed by atoms with Crippen molar-refractivity contribution in [3.63, 3.8) is 0 Å². The molecule has 0 saturated carbocycles. The summed E-state index contributed by atoms with van der Waals surface area (Å²) in [6.45, 7) is 16.8. The minimum atomic E-state index is -0.250. The lowest BCUT2D eigenvalue weighted by Crippen LogP contribution is -2.47. The van der Waals surface area contributed by atoms with Crippen LogP contribution < -0.4 is 4.90 Å². The number of rotatable bonds is 8. The second-order valence-electron chi connectivity index (χ2n) is 9.78. The third-order valence-corrected chi connectivity index (χ3v) is 7.13. The monoisotopic (exact) mass is 479 g/mol. The van der Waals surface area contributed by atoms with Gasteiger partial charge < -0.3 is 14.9 Å². The number of likely N-dealkylation sites (N-methyl/N-ethyl adjacent to an activating group) is 1. The Balaban J connectivity index is 1.72. The number of halogens is 1. The largest absolute Gasteiger partial charge is 0.507 e. The number of hydrogen-bond donors (Lipinski definition) is 1. The van der Waals surface area contributed by atoms with E-state index in [4.69, 9.17) is 5.10 Å². The maximum atomic E-state index is 13.7. The number of benzene rings is 2. The molecule has 0 amide bonds. The quantitative estimate of drug-likeness (QED) is 0.499. The van der Waals surface area contributed by atoms with Crippen molar-refractivity contribution in [1.82, 2.24) is 19.6 Å². The Morgan fingerprint density at radius 3 is 2.31 bits per heavy atom. The van der Waals surface area contributed by atoms with Crippen molar-refractivity contribution < 1.29 is 9.50 Å². The maximum Gasteiger partial charge on any atom is 0.137 e. The van der Waals surface area contributed by atoms with E-state index >= 15 is 0 Å². The molecule has 0 unspecified atom stereocenters. The highest BCUT2D eigenvalue weighted by Gasteiger charge is 2.27. The number of phenols is 1. The van der Waals surface area contributed by atoms with Gasteiger partial charge in [0.1, 0.15) is 17.4 Å². The summed E-state index contributed by atoms with van der Waals surface area (Å²) in [5.74, 6) is 1.21. The summed E-state index contributed by atoms with van der Waals surface area (Å²) < 4.78 is 15.7. The summed E-state index contributed by atoms with van der Waals surface area (Å²) in [6, 6.07) is 12.8. The fraction of sp³-hybridized carbons (Fsp3) is 0.464. The van der Waals surface area contributed by atoms with Crippen LogP contribution in [0.5, 0.6) is 5.75 Å². The molecule has 7 heteroatoms. The molecule has 1 aliphatic rings. The summed E-state index contributed by atoms with van der Waals surface area (Å²) in [5, 5.41) is 15.6. The van der Waals surface area contributed by atoms with Crippen LogP contribution in [0.1, 0.15) is 43.2 Å². The van der Waals surface area contributed by atoms with Gasteiger partial charge in [-0.2, -0.15) is 5.10 Å². The molecule has 1 aliphatic heterocycles. The molecule has 2 aromatic carbocycles. The first-order chi connectivity index (χ1) is 16.8. The molecule has 4 rings (SSSR count). The molecular weight excluding hydrogens is 441 g/mol. The number of aromatic nitrogens is 2. The van der Waals surface area contributed by atoms with Crippen LogP contribution in [0.15, 0.2) is 42.5 Å². The van der Waals surface area contributed by atoms with Crippen molar-refractivity contribution in [3.05, 3.63) is 70.7 Å². The van der Waals surface area contributed by atoms with E-state index in [0.717, 1.165) is 61.0 Å². The van der Waals surface area contributed by atoms with Crippen LogP contribution in [-0.2, 0) is 13.1 Å². The lowest BCUT2D eigenvalue weighted by Gasteiger charge is -2.36. The van der Waals surface area contributed by atoms with E-state index in [1.54, 1.807) is 12.1 Å².